The van der Waals surface area contributed by atoms with Crippen molar-refractivity contribution < 1.29 is 14.3 Å². The molecule has 1 heterocycles. The summed E-state index contributed by atoms with van der Waals surface area (Å²) in [5, 5.41) is 6.79. The number of rotatable bonds is 7. The summed E-state index contributed by atoms with van der Waals surface area (Å²) in [4.78, 5) is 23.0. The summed E-state index contributed by atoms with van der Waals surface area (Å²) in [7, 11) is 1.79. The highest BCUT2D eigenvalue weighted by atomic mass is 16.5. The number of carbonyl (C=O) groups excluding carboxylic acids is 2. The molecule has 0 spiro atoms. The van der Waals surface area contributed by atoms with Gasteiger partial charge >= 0.3 is 0 Å². The third-order valence-corrected chi connectivity index (χ3v) is 3.04. The zero-order valence-corrected chi connectivity index (χ0v) is 12.7. The number of nitrogens with zero attached hydrogens (tertiary/aromatic N) is 2. The summed E-state index contributed by atoms with van der Waals surface area (Å²) in [6.45, 7) is 1.93. The van der Waals surface area contributed by atoms with Crippen molar-refractivity contribution in [2.24, 2.45) is 7.05 Å². The lowest BCUT2D eigenvalue weighted by atomic mass is 10.1. The minimum Gasteiger partial charge on any atom is -0.494 e. The average molecular weight is 301 g/mol. The van der Waals surface area contributed by atoms with Crippen LogP contribution in [-0.4, -0.2) is 28.1 Å². The fourth-order valence-corrected chi connectivity index (χ4v) is 1.91. The van der Waals surface area contributed by atoms with E-state index < -0.39 is 0 Å². The second-order valence-corrected chi connectivity index (χ2v) is 4.96. The van der Waals surface area contributed by atoms with Crippen molar-refractivity contribution in [3.63, 3.8) is 0 Å². The third kappa shape index (κ3) is 4.73. The lowest BCUT2D eigenvalue weighted by molar-refractivity contribution is -0.116. The number of ether oxygens (including phenoxy) is 1. The van der Waals surface area contributed by atoms with Gasteiger partial charge in [0.15, 0.2) is 11.6 Å². The molecule has 2 aromatic rings. The molecular formula is C16H19N3O3. The van der Waals surface area contributed by atoms with E-state index in [4.69, 9.17) is 4.74 Å². The first kappa shape index (κ1) is 15.8. The van der Waals surface area contributed by atoms with Gasteiger partial charge in [0.05, 0.1) is 6.61 Å². The zero-order valence-electron chi connectivity index (χ0n) is 12.7. The predicted octanol–water partition coefficient (Wildman–Crippen LogP) is 2.42. The fraction of sp³-hybridized carbons (Fsp3) is 0.312. The number of amides is 1. The molecule has 2 rings (SSSR count). The van der Waals surface area contributed by atoms with Gasteiger partial charge in [0.2, 0.25) is 5.91 Å². The molecule has 0 unspecified atom stereocenters. The number of hydrogen-bond donors (Lipinski definition) is 1. The van der Waals surface area contributed by atoms with Gasteiger partial charge < -0.3 is 10.1 Å². The van der Waals surface area contributed by atoms with E-state index in [0.29, 0.717) is 36.6 Å². The molecular weight excluding hydrogens is 282 g/mol. The molecule has 1 aromatic heterocycles. The molecule has 0 bridgehead atoms. The van der Waals surface area contributed by atoms with E-state index in [1.54, 1.807) is 48.3 Å². The maximum absolute atomic E-state index is 11.7. The van der Waals surface area contributed by atoms with Crippen LogP contribution in [0.3, 0.4) is 0 Å². The van der Waals surface area contributed by atoms with Crippen LogP contribution in [0, 0.1) is 0 Å². The second kappa shape index (κ2) is 7.40. The normalized spacial score (nSPS) is 10.3. The highest BCUT2D eigenvalue weighted by molar-refractivity contribution is 5.94. The molecule has 22 heavy (non-hydrogen) atoms. The van der Waals surface area contributed by atoms with Crippen LogP contribution in [0.5, 0.6) is 5.75 Å². The first-order valence-electron chi connectivity index (χ1n) is 7.08. The molecule has 0 fully saturated rings. The largest absolute Gasteiger partial charge is 0.494 e. The van der Waals surface area contributed by atoms with Crippen molar-refractivity contribution >= 4 is 17.5 Å². The van der Waals surface area contributed by atoms with Gasteiger partial charge in [0.1, 0.15) is 5.75 Å². The number of aromatic nitrogens is 2. The van der Waals surface area contributed by atoms with E-state index in [0.717, 1.165) is 0 Å². The minimum absolute atomic E-state index is 0.000175. The minimum atomic E-state index is -0.0974. The zero-order chi connectivity index (χ0) is 15.9. The van der Waals surface area contributed by atoms with Crippen molar-refractivity contribution in [2.45, 2.75) is 19.8 Å². The summed E-state index contributed by atoms with van der Waals surface area (Å²) in [6, 6.07) is 8.76. The van der Waals surface area contributed by atoms with Crippen LogP contribution in [0.2, 0.25) is 0 Å². The first-order chi connectivity index (χ1) is 10.5. The van der Waals surface area contributed by atoms with Crippen LogP contribution in [0.25, 0.3) is 0 Å². The van der Waals surface area contributed by atoms with E-state index in [9.17, 15) is 9.59 Å². The van der Waals surface area contributed by atoms with Crippen LogP contribution in [0.15, 0.2) is 36.5 Å². The molecule has 0 aliphatic carbocycles. The molecule has 1 amide bonds. The Morgan fingerprint density at radius 2 is 2.14 bits per heavy atom. The van der Waals surface area contributed by atoms with Gasteiger partial charge in [0, 0.05) is 31.3 Å². The summed E-state index contributed by atoms with van der Waals surface area (Å²) in [5.74, 6) is 1.08. The Morgan fingerprint density at radius 3 is 2.82 bits per heavy atom. The molecule has 0 aliphatic heterocycles. The summed E-state index contributed by atoms with van der Waals surface area (Å²) in [5.41, 5.74) is 0.616. The maximum atomic E-state index is 11.7. The highest BCUT2D eigenvalue weighted by Crippen LogP contribution is 2.14. The van der Waals surface area contributed by atoms with E-state index in [1.165, 1.54) is 6.92 Å². The van der Waals surface area contributed by atoms with Crippen LogP contribution in [0.4, 0.5) is 5.82 Å². The van der Waals surface area contributed by atoms with Crippen molar-refractivity contribution in [2.75, 3.05) is 11.9 Å². The summed E-state index contributed by atoms with van der Waals surface area (Å²) >= 11 is 0. The van der Waals surface area contributed by atoms with Gasteiger partial charge in [-0.25, -0.2) is 0 Å². The van der Waals surface area contributed by atoms with Gasteiger partial charge in [-0.2, -0.15) is 5.10 Å². The quantitative estimate of drug-likeness (QED) is 0.629. The van der Waals surface area contributed by atoms with E-state index in [-0.39, 0.29) is 11.7 Å². The number of hydrogen-bond acceptors (Lipinski definition) is 4. The molecule has 1 N–H and O–H groups in total. The molecule has 6 nitrogen and oxygen atoms in total. The van der Waals surface area contributed by atoms with Crippen molar-refractivity contribution in [1.82, 2.24) is 9.78 Å². The second-order valence-electron chi connectivity index (χ2n) is 4.96. The fourth-order valence-electron chi connectivity index (χ4n) is 1.91. The molecule has 6 heteroatoms. The van der Waals surface area contributed by atoms with E-state index in [1.807, 2.05) is 0 Å². The number of nitrogens with one attached hydrogen (secondary N) is 1. The van der Waals surface area contributed by atoms with Crippen molar-refractivity contribution in [1.29, 1.82) is 0 Å². The Hall–Kier alpha value is -2.63. The molecule has 0 atom stereocenters. The molecule has 1 aromatic carbocycles. The Labute approximate surface area is 129 Å². The van der Waals surface area contributed by atoms with Gasteiger partial charge in [-0.3, -0.25) is 14.3 Å². The van der Waals surface area contributed by atoms with E-state index in [2.05, 4.69) is 10.4 Å². The average Bonchev–Trinajstić information content (AvgIpc) is 2.89. The van der Waals surface area contributed by atoms with E-state index >= 15 is 0 Å². The molecule has 0 saturated heterocycles. The highest BCUT2D eigenvalue weighted by Gasteiger charge is 2.05. The molecule has 0 radical (unpaired) electrons. The van der Waals surface area contributed by atoms with Gasteiger partial charge in [-0.1, -0.05) is 12.1 Å². The number of anilines is 1. The Balaban J connectivity index is 1.71. The van der Waals surface area contributed by atoms with Crippen molar-refractivity contribution in [3.8, 4) is 5.75 Å². The monoisotopic (exact) mass is 301 g/mol. The van der Waals surface area contributed by atoms with Gasteiger partial charge in [-0.05, 0) is 25.5 Å². The van der Waals surface area contributed by atoms with Crippen LogP contribution in [0.1, 0.15) is 30.1 Å². The third-order valence-electron chi connectivity index (χ3n) is 3.04. The number of benzene rings is 1. The molecule has 0 aliphatic rings. The van der Waals surface area contributed by atoms with Crippen LogP contribution in [-0.2, 0) is 11.8 Å². The number of Topliss-reactive ketones (excluding diaryl/α,β-unsaturated/α-hetero) is 1. The lowest BCUT2D eigenvalue weighted by Crippen LogP contribution is -2.13. The number of carbonyl (C=O) groups is 2. The molecule has 116 valence electrons. The van der Waals surface area contributed by atoms with Gasteiger partial charge in [-0.15, -0.1) is 0 Å². The number of aryl methyl sites for hydroxylation is 1. The Morgan fingerprint density at radius 1 is 1.32 bits per heavy atom. The van der Waals surface area contributed by atoms with Gasteiger partial charge in [0.25, 0.3) is 0 Å². The lowest BCUT2D eigenvalue weighted by Gasteiger charge is -2.07. The van der Waals surface area contributed by atoms with Crippen LogP contribution < -0.4 is 10.1 Å². The summed E-state index contributed by atoms with van der Waals surface area (Å²) in [6.07, 6.45) is 2.70. The maximum Gasteiger partial charge on any atom is 0.225 e. The smallest absolute Gasteiger partial charge is 0.225 e. The Bertz CT molecular complexity index is 664. The topological polar surface area (TPSA) is 73.2 Å². The van der Waals surface area contributed by atoms with Crippen LogP contribution >= 0.6 is 0 Å². The number of ketones is 1. The summed E-state index contributed by atoms with van der Waals surface area (Å²) < 4.78 is 7.18. The first-order valence-corrected chi connectivity index (χ1v) is 7.08. The standard InChI is InChI=1S/C16H19N3O3/c1-12(20)13-5-3-6-14(11-13)22-10-4-7-16(21)17-15-8-9-19(2)18-15/h3,5-6,8-9,11H,4,7,10H2,1-2H3,(H,17,18,21). The van der Waals surface area contributed by atoms with Crippen molar-refractivity contribution in [3.05, 3.63) is 42.1 Å². The predicted molar refractivity (Wildman–Crippen MR) is 83.0 cm³/mol. The Kier molecular flexibility index (Phi) is 5.30. The SMILES string of the molecule is CC(=O)c1cccc(OCCCC(=O)Nc2ccn(C)n2)c1. The molecule has 0 saturated carbocycles.